The number of alkyl halides is 5. The van der Waals surface area contributed by atoms with Crippen LogP contribution in [0.2, 0.25) is 0 Å². The number of allylic oxidation sites excluding steroid dienone is 2. The second-order valence-electron chi connectivity index (χ2n) is 13.1. The van der Waals surface area contributed by atoms with Crippen LogP contribution in [0.1, 0.15) is 107 Å². The number of phenols is 1. The van der Waals surface area contributed by atoms with Gasteiger partial charge in [-0.15, -0.1) is 0 Å². The molecule has 1 aliphatic carbocycles. The maximum atomic E-state index is 13.7. The highest BCUT2D eigenvalue weighted by Crippen LogP contribution is 2.40. The van der Waals surface area contributed by atoms with Gasteiger partial charge in [-0.1, -0.05) is 37.5 Å². The number of sulfone groups is 1. The number of aryl methyl sites for hydroxylation is 1. The average molecular weight is 688 g/mol. The molecule has 0 saturated carbocycles. The summed E-state index contributed by atoms with van der Waals surface area (Å²) < 4.78 is 101. The van der Waals surface area contributed by atoms with Gasteiger partial charge in [-0.3, -0.25) is 0 Å². The van der Waals surface area contributed by atoms with Gasteiger partial charge < -0.3 is 10.0 Å². The van der Waals surface area contributed by atoms with Crippen LogP contribution < -0.4 is 0 Å². The maximum absolute atomic E-state index is 13.7. The van der Waals surface area contributed by atoms with Crippen molar-refractivity contribution in [1.82, 2.24) is 4.90 Å². The molecule has 0 aromatic heterocycles. The summed E-state index contributed by atoms with van der Waals surface area (Å²) in [4.78, 5) is 2.47. The van der Waals surface area contributed by atoms with E-state index in [0.717, 1.165) is 94.8 Å². The molecule has 1 fully saturated rings. The summed E-state index contributed by atoms with van der Waals surface area (Å²) >= 11 is 0. The van der Waals surface area contributed by atoms with E-state index in [9.17, 15) is 39.9 Å². The molecule has 0 spiro atoms. The summed E-state index contributed by atoms with van der Waals surface area (Å²) in [6.45, 7) is 1.98. The standard InChI is InChI=1S/C36H47F6NO3S/c37-29-17-15-27(16-18-29)32-14-7-10-28-26-31(44)19-20-33(28)34(32)13-3-1-2-5-22-43-23-8-12-30(43)11-4-6-24-47(45,46)25-9-21-35(38,39)36(40,41)42/h15-20,26,30,44H,1-14,21-25H2. The monoisotopic (exact) mass is 687 g/mol. The number of fused-ring (bicyclic) bond motifs is 1. The van der Waals surface area contributed by atoms with Crippen LogP contribution in [0.4, 0.5) is 26.3 Å². The summed E-state index contributed by atoms with van der Waals surface area (Å²) in [6.07, 6.45) is 4.03. The Kier molecular flexibility index (Phi) is 13.3. The van der Waals surface area contributed by atoms with Crippen molar-refractivity contribution in [3.05, 3.63) is 65.0 Å². The zero-order valence-electron chi connectivity index (χ0n) is 26.9. The highest BCUT2D eigenvalue weighted by molar-refractivity contribution is 7.91. The van der Waals surface area contributed by atoms with Gasteiger partial charge in [0, 0.05) is 12.5 Å². The molecule has 1 unspecified atom stereocenters. The molecule has 1 heterocycles. The fourth-order valence-electron chi connectivity index (χ4n) is 7.05. The van der Waals surface area contributed by atoms with Crippen LogP contribution >= 0.6 is 0 Å². The lowest BCUT2D eigenvalue weighted by Gasteiger charge is -2.24. The molecule has 2 aromatic rings. The molecule has 262 valence electrons. The molecule has 2 aromatic carbocycles. The number of rotatable bonds is 17. The lowest BCUT2D eigenvalue weighted by atomic mass is 9.89. The Morgan fingerprint density at radius 3 is 2.30 bits per heavy atom. The zero-order valence-corrected chi connectivity index (χ0v) is 27.8. The predicted molar refractivity (Wildman–Crippen MR) is 175 cm³/mol. The van der Waals surface area contributed by atoms with Crippen LogP contribution in [0.25, 0.3) is 11.1 Å². The highest BCUT2D eigenvalue weighted by Gasteiger charge is 2.56. The molecule has 2 aliphatic rings. The molecule has 0 radical (unpaired) electrons. The first-order chi connectivity index (χ1) is 22.3. The Balaban J connectivity index is 1.19. The maximum Gasteiger partial charge on any atom is 0.453 e. The molecule has 1 N–H and O–H groups in total. The smallest absolute Gasteiger partial charge is 0.453 e. The van der Waals surface area contributed by atoms with Crippen LogP contribution in [0, 0.1) is 5.82 Å². The lowest BCUT2D eigenvalue weighted by molar-refractivity contribution is -0.284. The minimum Gasteiger partial charge on any atom is -0.508 e. The van der Waals surface area contributed by atoms with E-state index in [1.54, 1.807) is 6.07 Å². The third kappa shape index (κ3) is 11.0. The third-order valence-electron chi connectivity index (χ3n) is 9.57. The van der Waals surface area contributed by atoms with Crippen molar-refractivity contribution in [2.75, 3.05) is 24.6 Å². The van der Waals surface area contributed by atoms with Crippen molar-refractivity contribution >= 4 is 21.0 Å². The van der Waals surface area contributed by atoms with Gasteiger partial charge in [0.15, 0.2) is 0 Å². The van der Waals surface area contributed by atoms with Crippen molar-refractivity contribution in [1.29, 1.82) is 0 Å². The first kappa shape index (κ1) is 37.3. The predicted octanol–water partition coefficient (Wildman–Crippen LogP) is 9.76. The SMILES string of the molecule is O=S(=O)(CCCCC1CCCN1CCCCCCC1=C(c2ccc(F)cc2)CCCc2cc(O)ccc21)CCCC(F)(F)C(F)(F)F. The first-order valence-electron chi connectivity index (χ1n) is 16.9. The molecule has 0 bridgehead atoms. The summed E-state index contributed by atoms with van der Waals surface area (Å²) in [5, 5.41) is 10.1. The van der Waals surface area contributed by atoms with E-state index in [-0.39, 0.29) is 17.3 Å². The van der Waals surface area contributed by atoms with E-state index >= 15 is 0 Å². The number of halogens is 6. The van der Waals surface area contributed by atoms with Crippen molar-refractivity contribution in [3.8, 4) is 5.75 Å². The Labute approximate surface area is 275 Å². The van der Waals surface area contributed by atoms with E-state index in [4.69, 9.17) is 0 Å². The van der Waals surface area contributed by atoms with Gasteiger partial charge in [-0.2, -0.15) is 22.0 Å². The average Bonchev–Trinajstić information content (AvgIpc) is 3.37. The van der Waals surface area contributed by atoms with Gasteiger partial charge in [0.05, 0.1) is 11.5 Å². The van der Waals surface area contributed by atoms with Crippen molar-refractivity contribution in [2.45, 2.75) is 114 Å². The molecule has 11 heteroatoms. The molecule has 47 heavy (non-hydrogen) atoms. The van der Waals surface area contributed by atoms with Crippen molar-refractivity contribution in [3.63, 3.8) is 0 Å². The van der Waals surface area contributed by atoms with Crippen LogP contribution in [-0.4, -0.2) is 61.2 Å². The Hall–Kier alpha value is -2.53. The normalized spacial score (nSPS) is 18.0. The molecule has 1 aliphatic heterocycles. The molecule has 1 saturated heterocycles. The minimum atomic E-state index is -5.66. The quantitative estimate of drug-likeness (QED) is 0.133. The van der Waals surface area contributed by atoms with Gasteiger partial charge in [0.25, 0.3) is 0 Å². The number of hydrogen-bond acceptors (Lipinski definition) is 4. The minimum absolute atomic E-state index is 0.192. The van der Waals surface area contributed by atoms with E-state index < -0.39 is 40.5 Å². The van der Waals surface area contributed by atoms with E-state index in [1.165, 1.54) is 28.8 Å². The fraction of sp³-hybridized carbons (Fsp3) is 0.611. The van der Waals surface area contributed by atoms with E-state index in [2.05, 4.69) is 4.90 Å². The number of hydrogen-bond donors (Lipinski definition) is 1. The molecule has 4 nitrogen and oxygen atoms in total. The third-order valence-corrected chi connectivity index (χ3v) is 11.4. The van der Waals surface area contributed by atoms with Crippen molar-refractivity contribution < 1.29 is 39.9 Å². The Bertz CT molecular complexity index is 1440. The second-order valence-corrected chi connectivity index (χ2v) is 15.4. The fourth-order valence-corrected chi connectivity index (χ4v) is 8.48. The van der Waals surface area contributed by atoms with Gasteiger partial charge in [0.1, 0.15) is 21.4 Å². The summed E-state index contributed by atoms with van der Waals surface area (Å²) in [5.74, 6) is -5.70. The molecular weight excluding hydrogens is 640 g/mol. The van der Waals surface area contributed by atoms with Crippen molar-refractivity contribution in [2.24, 2.45) is 0 Å². The number of unbranched alkanes of at least 4 members (excludes halogenated alkanes) is 4. The zero-order chi connectivity index (χ0) is 34.1. The number of likely N-dealkylation sites (tertiary alicyclic amines) is 1. The summed E-state index contributed by atoms with van der Waals surface area (Å²) in [5.41, 5.74) is 5.91. The first-order valence-corrected chi connectivity index (χ1v) is 18.8. The molecule has 0 amide bonds. The van der Waals surface area contributed by atoms with Crippen LogP contribution in [0.5, 0.6) is 5.75 Å². The van der Waals surface area contributed by atoms with Gasteiger partial charge in [-0.25, -0.2) is 12.8 Å². The second kappa shape index (κ2) is 16.7. The van der Waals surface area contributed by atoms with Gasteiger partial charge >= 0.3 is 12.1 Å². The van der Waals surface area contributed by atoms with Crippen LogP contribution in [0.15, 0.2) is 42.5 Å². The lowest BCUT2D eigenvalue weighted by Crippen LogP contribution is -2.36. The Morgan fingerprint density at radius 2 is 1.55 bits per heavy atom. The molecular formula is C36H47F6NO3S. The van der Waals surface area contributed by atoms with Crippen LogP contribution in [-0.2, 0) is 16.3 Å². The topological polar surface area (TPSA) is 57.6 Å². The van der Waals surface area contributed by atoms with Gasteiger partial charge in [-0.05, 0) is 136 Å². The number of benzene rings is 2. The Morgan fingerprint density at radius 1 is 0.830 bits per heavy atom. The summed E-state index contributed by atoms with van der Waals surface area (Å²) in [7, 11) is -3.68. The molecule has 4 rings (SSSR count). The largest absolute Gasteiger partial charge is 0.508 e. The summed E-state index contributed by atoms with van der Waals surface area (Å²) in [6, 6.07) is 12.7. The van der Waals surface area contributed by atoms with Gasteiger partial charge in [0.2, 0.25) is 0 Å². The number of nitrogens with zero attached hydrogens (tertiary/aromatic N) is 1. The van der Waals surface area contributed by atoms with E-state index in [1.807, 2.05) is 24.3 Å². The van der Waals surface area contributed by atoms with Crippen LogP contribution in [0.3, 0.4) is 0 Å². The number of phenolic OH excluding ortho intramolecular Hbond substituents is 1. The molecule has 1 atom stereocenters. The highest BCUT2D eigenvalue weighted by atomic mass is 32.2. The number of aromatic hydroxyl groups is 1. The van der Waals surface area contributed by atoms with E-state index in [0.29, 0.717) is 18.9 Å².